The Kier molecular flexibility index (Phi) is 4.78. The van der Waals surface area contributed by atoms with Gasteiger partial charge in [0.05, 0.1) is 0 Å². The number of benzene rings is 1. The van der Waals surface area contributed by atoms with Crippen LogP contribution in [0.15, 0.2) is 24.3 Å². The van der Waals surface area contributed by atoms with Gasteiger partial charge in [-0.15, -0.1) is 10.2 Å². The van der Waals surface area contributed by atoms with Gasteiger partial charge in [0.2, 0.25) is 0 Å². The predicted molar refractivity (Wildman–Crippen MR) is 75.2 cm³/mol. The molecule has 0 aliphatic heterocycles. The maximum Gasteiger partial charge on any atom is 0.297 e. The number of rotatable bonds is 6. The zero-order valence-corrected chi connectivity index (χ0v) is 11.6. The summed E-state index contributed by atoms with van der Waals surface area (Å²) in [5, 5.41) is 15.8. The maximum absolute atomic E-state index is 11.9. The summed E-state index contributed by atoms with van der Waals surface area (Å²) in [5.41, 5.74) is 1.84. The second kappa shape index (κ2) is 6.76. The topological polar surface area (TPSA) is 86.8 Å². The van der Waals surface area contributed by atoms with Gasteiger partial charge >= 0.3 is 0 Å². The number of carbonyl (C=O) groups excluding carboxylic acids is 1. The quantitative estimate of drug-likeness (QED) is 0.829. The van der Waals surface area contributed by atoms with E-state index >= 15 is 0 Å². The molecule has 1 aromatic heterocycles. The fourth-order valence-corrected chi connectivity index (χ4v) is 1.90. The smallest absolute Gasteiger partial charge is 0.297 e. The van der Waals surface area contributed by atoms with Crippen molar-refractivity contribution >= 4 is 11.6 Å². The number of tetrazole rings is 1. The molecule has 0 aliphatic rings. The molecule has 7 nitrogen and oxygen atoms in total. The average Bonchev–Trinajstić information content (AvgIpc) is 3.00. The average molecular weight is 274 g/mol. The fourth-order valence-electron chi connectivity index (χ4n) is 1.90. The van der Waals surface area contributed by atoms with Crippen LogP contribution in [0.1, 0.15) is 30.0 Å². The lowest BCUT2D eigenvalue weighted by atomic mass is 10.1. The van der Waals surface area contributed by atoms with Crippen LogP contribution < -0.4 is 5.32 Å². The van der Waals surface area contributed by atoms with Gasteiger partial charge in [0.1, 0.15) is 0 Å². The number of anilines is 1. The molecule has 20 heavy (non-hydrogen) atoms. The molecule has 0 radical (unpaired) electrons. The highest BCUT2D eigenvalue weighted by Crippen LogP contribution is 2.17. The molecule has 0 saturated carbocycles. The van der Waals surface area contributed by atoms with Crippen molar-refractivity contribution in [3.63, 3.8) is 0 Å². The molecule has 2 rings (SSSR count). The van der Waals surface area contributed by atoms with Crippen LogP contribution in [-0.2, 0) is 6.54 Å². The Balaban J connectivity index is 2.13. The molecule has 0 fully saturated rings. The number of hydrogen-bond acceptors (Lipinski definition) is 5. The van der Waals surface area contributed by atoms with Crippen LogP contribution in [-0.4, -0.2) is 44.5 Å². The molecule has 0 spiro atoms. The van der Waals surface area contributed by atoms with Crippen molar-refractivity contribution in [3.8, 4) is 0 Å². The summed E-state index contributed by atoms with van der Waals surface area (Å²) in [6, 6.07) is 7.72. The van der Waals surface area contributed by atoms with E-state index in [1.165, 1.54) is 0 Å². The first-order chi connectivity index (χ1) is 9.74. The molecular formula is C13H18N6O. The molecule has 0 aliphatic carbocycles. The van der Waals surface area contributed by atoms with Crippen molar-refractivity contribution in [1.29, 1.82) is 0 Å². The highest BCUT2D eigenvalue weighted by Gasteiger charge is 2.13. The van der Waals surface area contributed by atoms with E-state index in [-0.39, 0.29) is 11.7 Å². The number of amides is 1. The van der Waals surface area contributed by atoms with Gasteiger partial charge in [0.15, 0.2) is 0 Å². The van der Waals surface area contributed by atoms with Crippen molar-refractivity contribution in [2.24, 2.45) is 0 Å². The number of nitrogens with zero attached hydrogens (tertiary/aromatic N) is 4. The first-order valence-corrected chi connectivity index (χ1v) is 6.59. The van der Waals surface area contributed by atoms with Crippen molar-refractivity contribution in [1.82, 2.24) is 25.5 Å². The Hall–Kier alpha value is -2.28. The summed E-state index contributed by atoms with van der Waals surface area (Å²) >= 11 is 0. The summed E-state index contributed by atoms with van der Waals surface area (Å²) in [6.07, 6.45) is 0. The highest BCUT2D eigenvalue weighted by atomic mass is 16.2. The van der Waals surface area contributed by atoms with Crippen molar-refractivity contribution < 1.29 is 4.79 Å². The van der Waals surface area contributed by atoms with E-state index in [1.54, 1.807) is 0 Å². The monoisotopic (exact) mass is 274 g/mol. The van der Waals surface area contributed by atoms with Gasteiger partial charge in [0, 0.05) is 12.2 Å². The van der Waals surface area contributed by atoms with E-state index in [0.29, 0.717) is 0 Å². The van der Waals surface area contributed by atoms with Gasteiger partial charge in [-0.2, -0.15) is 5.21 Å². The van der Waals surface area contributed by atoms with Gasteiger partial charge in [-0.05, 0) is 29.9 Å². The number of H-pyrrole nitrogens is 1. The number of nitrogens with one attached hydrogen (secondary N) is 2. The van der Waals surface area contributed by atoms with Crippen LogP contribution >= 0.6 is 0 Å². The first kappa shape index (κ1) is 14.1. The number of aromatic amines is 1. The largest absolute Gasteiger partial charge is 0.319 e. The molecule has 106 valence electrons. The van der Waals surface area contributed by atoms with E-state index in [2.05, 4.69) is 44.7 Å². The lowest BCUT2D eigenvalue weighted by Crippen LogP contribution is -2.23. The summed E-state index contributed by atoms with van der Waals surface area (Å²) in [5.74, 6) is -0.339. The van der Waals surface area contributed by atoms with Crippen LogP contribution in [0.25, 0.3) is 0 Å². The van der Waals surface area contributed by atoms with Crippen LogP contribution in [0.3, 0.4) is 0 Å². The zero-order chi connectivity index (χ0) is 14.4. The highest BCUT2D eigenvalue weighted by molar-refractivity contribution is 6.01. The van der Waals surface area contributed by atoms with E-state index in [0.717, 1.165) is 30.9 Å². The van der Waals surface area contributed by atoms with Crippen molar-refractivity contribution in [2.45, 2.75) is 20.4 Å². The van der Waals surface area contributed by atoms with Gasteiger partial charge in [-0.3, -0.25) is 9.69 Å². The number of aromatic nitrogens is 4. The second-order valence-corrected chi connectivity index (χ2v) is 4.31. The minimum absolute atomic E-state index is 0.0302. The SMILES string of the molecule is CCN(CC)Cc1ccccc1NC(=O)c1nn[nH]n1. The molecule has 0 saturated heterocycles. The van der Waals surface area contributed by atoms with Gasteiger partial charge in [0.25, 0.3) is 11.7 Å². The molecule has 1 aromatic carbocycles. The summed E-state index contributed by atoms with van der Waals surface area (Å²) < 4.78 is 0. The minimum atomic E-state index is -0.370. The number of hydrogen-bond donors (Lipinski definition) is 2. The number of carbonyl (C=O) groups is 1. The molecule has 1 amide bonds. The molecule has 0 bridgehead atoms. The predicted octanol–water partition coefficient (Wildman–Crippen LogP) is 1.29. The third kappa shape index (κ3) is 3.39. The minimum Gasteiger partial charge on any atom is -0.319 e. The van der Waals surface area contributed by atoms with Crippen LogP contribution in [0.5, 0.6) is 0 Å². The van der Waals surface area contributed by atoms with Crippen molar-refractivity contribution in [3.05, 3.63) is 35.7 Å². The lowest BCUT2D eigenvalue weighted by molar-refractivity contribution is 0.101. The van der Waals surface area contributed by atoms with E-state index in [9.17, 15) is 4.79 Å². The van der Waals surface area contributed by atoms with Gasteiger partial charge in [-0.1, -0.05) is 32.0 Å². The zero-order valence-electron chi connectivity index (χ0n) is 11.6. The Morgan fingerprint density at radius 1 is 1.30 bits per heavy atom. The molecule has 2 aromatic rings. The Morgan fingerprint density at radius 2 is 2.05 bits per heavy atom. The Labute approximate surface area is 117 Å². The van der Waals surface area contributed by atoms with Gasteiger partial charge < -0.3 is 5.32 Å². The normalized spacial score (nSPS) is 10.8. The van der Waals surface area contributed by atoms with Gasteiger partial charge in [-0.25, -0.2) is 0 Å². The molecular weight excluding hydrogens is 256 g/mol. The number of para-hydroxylation sites is 1. The Bertz CT molecular complexity index is 550. The van der Waals surface area contributed by atoms with E-state index < -0.39 is 0 Å². The maximum atomic E-state index is 11.9. The summed E-state index contributed by atoms with van der Waals surface area (Å²) in [6.45, 7) is 6.94. The van der Waals surface area contributed by atoms with Crippen molar-refractivity contribution in [2.75, 3.05) is 18.4 Å². The third-order valence-corrected chi connectivity index (χ3v) is 3.10. The fraction of sp³-hybridized carbons (Fsp3) is 0.385. The van der Waals surface area contributed by atoms with Crippen LogP contribution in [0, 0.1) is 0 Å². The molecule has 7 heteroatoms. The molecule has 0 unspecified atom stereocenters. The lowest BCUT2D eigenvalue weighted by Gasteiger charge is -2.20. The Morgan fingerprint density at radius 3 is 2.70 bits per heavy atom. The molecule has 0 atom stereocenters. The second-order valence-electron chi connectivity index (χ2n) is 4.31. The van der Waals surface area contributed by atoms with E-state index in [4.69, 9.17) is 0 Å². The van der Waals surface area contributed by atoms with Crippen LogP contribution in [0.4, 0.5) is 5.69 Å². The first-order valence-electron chi connectivity index (χ1n) is 6.59. The summed E-state index contributed by atoms with van der Waals surface area (Å²) in [4.78, 5) is 14.2. The summed E-state index contributed by atoms with van der Waals surface area (Å²) in [7, 11) is 0. The van der Waals surface area contributed by atoms with E-state index in [1.807, 2.05) is 24.3 Å². The van der Waals surface area contributed by atoms with Crippen LogP contribution in [0.2, 0.25) is 0 Å². The standard InChI is InChI=1S/C13H18N6O/c1-3-19(4-2)9-10-7-5-6-8-11(10)14-13(20)12-15-17-18-16-12/h5-8H,3-4,9H2,1-2H3,(H,14,20)(H,15,16,17,18). The third-order valence-electron chi connectivity index (χ3n) is 3.10. The molecule has 2 N–H and O–H groups in total. The molecule has 1 heterocycles.